The van der Waals surface area contributed by atoms with Crippen molar-refractivity contribution in [3.63, 3.8) is 0 Å². The first-order chi connectivity index (χ1) is 11.1. The lowest BCUT2D eigenvalue weighted by Gasteiger charge is -2.36. The number of aliphatic hydroxyl groups excluding tert-OH is 1. The second kappa shape index (κ2) is 5.31. The van der Waals surface area contributed by atoms with E-state index in [4.69, 9.17) is 4.63 Å². The number of benzene rings is 2. The molecule has 1 N–H and O–H groups in total. The Balaban J connectivity index is 1.82. The molecular formula is C17H16FN3O2. The van der Waals surface area contributed by atoms with Crippen molar-refractivity contribution in [1.82, 2.24) is 10.3 Å². The molecule has 23 heavy (non-hydrogen) atoms. The number of anilines is 1. The molecule has 3 aromatic rings. The summed E-state index contributed by atoms with van der Waals surface area (Å²) in [6.45, 7) is 2.45. The van der Waals surface area contributed by atoms with Crippen molar-refractivity contribution in [3.8, 4) is 11.1 Å². The van der Waals surface area contributed by atoms with E-state index in [-0.39, 0.29) is 0 Å². The number of hydrogen-bond donors (Lipinski definition) is 1. The molecule has 0 amide bonds. The molecule has 0 spiro atoms. The van der Waals surface area contributed by atoms with Crippen LogP contribution in [0.4, 0.5) is 10.1 Å². The molecule has 0 aliphatic carbocycles. The summed E-state index contributed by atoms with van der Waals surface area (Å²) in [4.78, 5) is 1.93. The summed E-state index contributed by atoms with van der Waals surface area (Å²) in [7, 11) is 0. The molecule has 2 aromatic carbocycles. The van der Waals surface area contributed by atoms with Crippen LogP contribution in [-0.4, -0.2) is 34.7 Å². The lowest BCUT2D eigenvalue weighted by molar-refractivity contribution is 0.199. The summed E-state index contributed by atoms with van der Waals surface area (Å²) in [6, 6.07) is 11.6. The van der Waals surface area contributed by atoms with Gasteiger partial charge in [0, 0.05) is 0 Å². The standard InChI is InChI=1S/C17H16FN3O2/c1-10(22)11-3-2-4-12(5-11)13-6-15-17(20-23-19-15)16(7-13)21-8-14(18)9-21/h2-7,10,14,22H,8-9H2,1H3. The van der Waals surface area contributed by atoms with Gasteiger partial charge in [0.1, 0.15) is 11.7 Å². The molecule has 6 heteroatoms. The average Bonchev–Trinajstić information content (AvgIpc) is 2.99. The number of rotatable bonds is 3. The maximum absolute atomic E-state index is 13.2. The van der Waals surface area contributed by atoms with Gasteiger partial charge >= 0.3 is 0 Å². The second-order valence-electron chi connectivity index (χ2n) is 5.93. The van der Waals surface area contributed by atoms with E-state index in [0.29, 0.717) is 24.1 Å². The van der Waals surface area contributed by atoms with Gasteiger partial charge in [-0.05, 0) is 52.1 Å². The number of aliphatic hydroxyl groups is 1. The summed E-state index contributed by atoms with van der Waals surface area (Å²) in [5, 5.41) is 17.6. The summed E-state index contributed by atoms with van der Waals surface area (Å²) >= 11 is 0. The van der Waals surface area contributed by atoms with E-state index in [0.717, 1.165) is 22.4 Å². The number of fused-ring (bicyclic) bond motifs is 1. The SMILES string of the molecule is CC(O)c1cccc(-c2cc(N3CC(F)C3)c3nonc3c2)c1. The lowest BCUT2D eigenvalue weighted by atomic mass is 9.99. The number of aromatic nitrogens is 2. The second-order valence-corrected chi connectivity index (χ2v) is 5.93. The Morgan fingerprint density at radius 1 is 1.22 bits per heavy atom. The lowest BCUT2D eigenvalue weighted by Crippen LogP contribution is -2.48. The van der Waals surface area contributed by atoms with Crippen molar-refractivity contribution in [2.24, 2.45) is 0 Å². The fraction of sp³-hybridized carbons (Fsp3) is 0.294. The first-order valence-electron chi connectivity index (χ1n) is 7.55. The predicted octanol–water partition coefficient (Wildman–Crippen LogP) is 3.10. The molecule has 1 aromatic heterocycles. The van der Waals surface area contributed by atoms with Crippen LogP contribution in [0.3, 0.4) is 0 Å². The normalized spacial score (nSPS) is 16.6. The van der Waals surface area contributed by atoms with E-state index in [2.05, 4.69) is 10.3 Å². The van der Waals surface area contributed by atoms with Gasteiger partial charge in [-0.2, -0.15) is 0 Å². The Kier molecular flexibility index (Phi) is 3.27. The van der Waals surface area contributed by atoms with Crippen LogP contribution < -0.4 is 4.90 Å². The van der Waals surface area contributed by atoms with E-state index in [9.17, 15) is 9.50 Å². The van der Waals surface area contributed by atoms with Crippen molar-refractivity contribution in [3.05, 3.63) is 42.0 Å². The highest BCUT2D eigenvalue weighted by Gasteiger charge is 2.29. The van der Waals surface area contributed by atoms with Gasteiger partial charge in [-0.3, -0.25) is 0 Å². The van der Waals surface area contributed by atoms with Gasteiger partial charge in [-0.25, -0.2) is 9.02 Å². The minimum atomic E-state index is -0.799. The molecule has 1 unspecified atom stereocenters. The fourth-order valence-corrected chi connectivity index (χ4v) is 2.88. The Bertz CT molecular complexity index is 856. The zero-order valence-corrected chi connectivity index (χ0v) is 12.6. The summed E-state index contributed by atoms with van der Waals surface area (Å²) in [6.07, 6.45) is -1.33. The van der Waals surface area contributed by atoms with Gasteiger partial charge in [0.05, 0.1) is 24.9 Å². The van der Waals surface area contributed by atoms with Crippen LogP contribution in [0.1, 0.15) is 18.6 Å². The Hall–Kier alpha value is -2.47. The number of halogens is 1. The molecule has 0 saturated carbocycles. The van der Waals surface area contributed by atoms with Gasteiger partial charge in [0.2, 0.25) is 0 Å². The van der Waals surface area contributed by atoms with E-state index in [1.54, 1.807) is 6.92 Å². The minimum Gasteiger partial charge on any atom is -0.389 e. The smallest absolute Gasteiger partial charge is 0.158 e. The molecule has 1 aliphatic rings. The van der Waals surface area contributed by atoms with Gasteiger partial charge in [-0.15, -0.1) is 0 Å². The maximum Gasteiger partial charge on any atom is 0.158 e. The van der Waals surface area contributed by atoms with Crippen molar-refractivity contribution >= 4 is 16.7 Å². The molecule has 1 saturated heterocycles. The molecule has 4 rings (SSSR count). The van der Waals surface area contributed by atoms with Crippen LogP contribution in [0.25, 0.3) is 22.2 Å². The molecule has 0 radical (unpaired) electrons. The molecule has 5 nitrogen and oxygen atoms in total. The monoisotopic (exact) mass is 313 g/mol. The van der Waals surface area contributed by atoms with Crippen LogP contribution in [0.5, 0.6) is 0 Å². The maximum atomic E-state index is 13.2. The molecule has 0 bridgehead atoms. The van der Waals surface area contributed by atoms with E-state index < -0.39 is 12.3 Å². The van der Waals surface area contributed by atoms with Crippen LogP contribution >= 0.6 is 0 Å². The van der Waals surface area contributed by atoms with Gasteiger partial charge in [-0.1, -0.05) is 18.2 Å². The highest BCUT2D eigenvalue weighted by molar-refractivity contribution is 5.93. The Morgan fingerprint density at radius 2 is 2.04 bits per heavy atom. The first kappa shape index (κ1) is 14.1. The summed E-state index contributed by atoms with van der Waals surface area (Å²) in [5.74, 6) is 0. The third kappa shape index (κ3) is 2.45. The number of nitrogens with zero attached hydrogens (tertiary/aromatic N) is 3. The van der Waals surface area contributed by atoms with Crippen LogP contribution in [0.15, 0.2) is 41.0 Å². The minimum absolute atomic E-state index is 0.360. The van der Waals surface area contributed by atoms with E-state index in [1.165, 1.54) is 0 Å². The highest BCUT2D eigenvalue weighted by atomic mass is 19.1. The van der Waals surface area contributed by atoms with Gasteiger partial charge in [0.15, 0.2) is 5.52 Å². The largest absolute Gasteiger partial charge is 0.389 e. The third-order valence-corrected chi connectivity index (χ3v) is 4.22. The number of hydrogen-bond acceptors (Lipinski definition) is 5. The van der Waals surface area contributed by atoms with Crippen LogP contribution in [0, 0.1) is 0 Å². The third-order valence-electron chi connectivity index (χ3n) is 4.22. The molecule has 1 atom stereocenters. The summed E-state index contributed by atoms with van der Waals surface area (Å²) < 4.78 is 18.1. The van der Waals surface area contributed by atoms with E-state index in [1.807, 2.05) is 41.3 Å². The molecule has 118 valence electrons. The molecular weight excluding hydrogens is 297 g/mol. The topological polar surface area (TPSA) is 62.4 Å². The van der Waals surface area contributed by atoms with Gasteiger partial charge < -0.3 is 10.0 Å². The van der Waals surface area contributed by atoms with Crippen LogP contribution in [0.2, 0.25) is 0 Å². The Labute approximate surface area is 132 Å². The quantitative estimate of drug-likeness (QED) is 0.805. The van der Waals surface area contributed by atoms with Crippen molar-refractivity contribution in [2.75, 3.05) is 18.0 Å². The predicted molar refractivity (Wildman–Crippen MR) is 85.0 cm³/mol. The fourth-order valence-electron chi connectivity index (χ4n) is 2.88. The van der Waals surface area contributed by atoms with Crippen molar-refractivity contribution in [1.29, 1.82) is 0 Å². The zero-order chi connectivity index (χ0) is 16.0. The van der Waals surface area contributed by atoms with Gasteiger partial charge in [0.25, 0.3) is 0 Å². The first-order valence-corrected chi connectivity index (χ1v) is 7.55. The zero-order valence-electron chi connectivity index (χ0n) is 12.6. The highest BCUT2D eigenvalue weighted by Crippen LogP contribution is 2.34. The average molecular weight is 313 g/mol. The molecule has 2 heterocycles. The molecule has 1 fully saturated rings. The Morgan fingerprint density at radius 3 is 2.78 bits per heavy atom. The van der Waals surface area contributed by atoms with E-state index >= 15 is 0 Å². The number of alkyl halides is 1. The van der Waals surface area contributed by atoms with Crippen molar-refractivity contribution < 1.29 is 14.1 Å². The van der Waals surface area contributed by atoms with Crippen LogP contribution in [-0.2, 0) is 0 Å². The summed E-state index contributed by atoms with van der Waals surface area (Å²) in [5.41, 5.74) is 4.86. The molecule has 1 aliphatic heterocycles. The van der Waals surface area contributed by atoms with Crippen molar-refractivity contribution in [2.45, 2.75) is 19.2 Å².